The van der Waals surface area contributed by atoms with Gasteiger partial charge in [0, 0.05) is 13.1 Å². The second-order valence-corrected chi connectivity index (χ2v) is 7.16. The molecule has 2 aromatic carbocycles. The Morgan fingerprint density at radius 3 is 2.59 bits per heavy atom. The van der Waals surface area contributed by atoms with Crippen LogP contribution in [0.25, 0.3) is 0 Å². The summed E-state index contributed by atoms with van der Waals surface area (Å²) in [5.41, 5.74) is 0.991. The average molecular weight is 369 g/mol. The summed E-state index contributed by atoms with van der Waals surface area (Å²) in [5, 5.41) is 0. The second-order valence-electron chi connectivity index (χ2n) is 7.16. The van der Waals surface area contributed by atoms with E-state index in [2.05, 4.69) is 13.8 Å². The molecule has 0 saturated carbocycles. The van der Waals surface area contributed by atoms with Crippen molar-refractivity contribution in [3.05, 3.63) is 48.0 Å². The van der Waals surface area contributed by atoms with E-state index in [4.69, 9.17) is 18.9 Å². The molecule has 0 fully saturated rings. The number of para-hydroxylation sites is 2. The van der Waals surface area contributed by atoms with Crippen LogP contribution in [0.1, 0.15) is 19.4 Å². The quantitative estimate of drug-likeness (QED) is 0.810. The maximum atomic E-state index is 13.1. The number of hydrogen-bond acceptors (Lipinski definition) is 5. The van der Waals surface area contributed by atoms with Crippen LogP contribution in [-0.2, 0) is 11.3 Å². The first-order valence-corrected chi connectivity index (χ1v) is 9.16. The number of hydrogen-bond donors (Lipinski definition) is 0. The van der Waals surface area contributed by atoms with Crippen LogP contribution in [0.3, 0.4) is 0 Å². The Hall–Kier alpha value is -2.89. The Balaban J connectivity index is 1.50. The van der Waals surface area contributed by atoms with Gasteiger partial charge in [-0.15, -0.1) is 0 Å². The van der Waals surface area contributed by atoms with Crippen molar-refractivity contribution in [3.8, 4) is 23.0 Å². The van der Waals surface area contributed by atoms with Gasteiger partial charge < -0.3 is 23.8 Å². The predicted molar refractivity (Wildman–Crippen MR) is 99.2 cm³/mol. The van der Waals surface area contributed by atoms with Crippen molar-refractivity contribution in [2.75, 3.05) is 19.9 Å². The number of rotatable bonds is 5. The van der Waals surface area contributed by atoms with Crippen LogP contribution < -0.4 is 18.9 Å². The van der Waals surface area contributed by atoms with E-state index in [0.29, 0.717) is 30.5 Å². The van der Waals surface area contributed by atoms with Gasteiger partial charge in [0.25, 0.3) is 5.91 Å². The molecule has 27 heavy (non-hydrogen) atoms. The molecule has 0 aliphatic carbocycles. The van der Waals surface area contributed by atoms with E-state index >= 15 is 0 Å². The highest BCUT2D eigenvalue weighted by molar-refractivity contribution is 5.82. The van der Waals surface area contributed by atoms with Crippen LogP contribution in [0.4, 0.5) is 0 Å². The Morgan fingerprint density at radius 1 is 1.04 bits per heavy atom. The summed E-state index contributed by atoms with van der Waals surface area (Å²) in [7, 11) is 0. The van der Waals surface area contributed by atoms with Crippen LogP contribution >= 0.6 is 0 Å². The fraction of sp³-hybridized carbons (Fsp3) is 0.381. The van der Waals surface area contributed by atoms with Crippen molar-refractivity contribution in [2.45, 2.75) is 26.5 Å². The number of ether oxygens (including phenoxy) is 4. The minimum Gasteiger partial charge on any atom is -0.485 e. The van der Waals surface area contributed by atoms with Crippen molar-refractivity contribution in [3.63, 3.8) is 0 Å². The number of fused-ring (bicyclic) bond motifs is 2. The lowest BCUT2D eigenvalue weighted by Crippen LogP contribution is -2.47. The predicted octanol–water partition coefficient (Wildman–Crippen LogP) is 3.24. The molecule has 1 amide bonds. The molecule has 6 heteroatoms. The fourth-order valence-electron chi connectivity index (χ4n) is 3.28. The summed E-state index contributed by atoms with van der Waals surface area (Å²) in [6.45, 7) is 5.75. The van der Waals surface area contributed by atoms with Crippen molar-refractivity contribution in [1.29, 1.82) is 0 Å². The minimum atomic E-state index is -0.646. The van der Waals surface area contributed by atoms with Crippen LogP contribution in [0.15, 0.2) is 42.5 Å². The van der Waals surface area contributed by atoms with Crippen LogP contribution in [0.2, 0.25) is 0 Å². The molecule has 0 saturated heterocycles. The zero-order valence-electron chi connectivity index (χ0n) is 15.5. The zero-order chi connectivity index (χ0) is 18.8. The van der Waals surface area contributed by atoms with E-state index in [0.717, 1.165) is 17.1 Å². The highest BCUT2D eigenvalue weighted by atomic mass is 16.7. The summed E-state index contributed by atoms with van der Waals surface area (Å²) < 4.78 is 22.4. The first-order valence-electron chi connectivity index (χ1n) is 9.16. The Bertz CT molecular complexity index is 835. The first kappa shape index (κ1) is 17.5. The van der Waals surface area contributed by atoms with Gasteiger partial charge in [0.2, 0.25) is 12.9 Å². The van der Waals surface area contributed by atoms with Crippen LogP contribution in [0.5, 0.6) is 23.0 Å². The lowest BCUT2D eigenvalue weighted by atomic mass is 10.1. The van der Waals surface area contributed by atoms with Crippen molar-refractivity contribution >= 4 is 5.91 Å². The van der Waals surface area contributed by atoms with Gasteiger partial charge in [-0.1, -0.05) is 32.0 Å². The molecule has 0 radical (unpaired) electrons. The monoisotopic (exact) mass is 369 g/mol. The molecule has 0 aromatic heterocycles. The van der Waals surface area contributed by atoms with E-state index < -0.39 is 6.10 Å². The van der Waals surface area contributed by atoms with Crippen molar-refractivity contribution in [2.24, 2.45) is 5.92 Å². The summed E-state index contributed by atoms with van der Waals surface area (Å²) in [6.07, 6.45) is -0.646. The minimum absolute atomic E-state index is 0.0733. The molecule has 0 bridgehead atoms. The van der Waals surface area contributed by atoms with Gasteiger partial charge in [-0.05, 0) is 35.7 Å². The van der Waals surface area contributed by atoms with E-state index in [-0.39, 0.29) is 19.3 Å². The number of nitrogens with zero attached hydrogens (tertiary/aromatic N) is 1. The van der Waals surface area contributed by atoms with Gasteiger partial charge in [0.15, 0.2) is 23.0 Å². The third-order valence-electron chi connectivity index (χ3n) is 4.49. The third-order valence-corrected chi connectivity index (χ3v) is 4.49. The Labute approximate surface area is 158 Å². The Morgan fingerprint density at radius 2 is 1.78 bits per heavy atom. The smallest absolute Gasteiger partial charge is 0.267 e. The van der Waals surface area contributed by atoms with Crippen molar-refractivity contribution in [1.82, 2.24) is 4.90 Å². The molecule has 0 N–H and O–H groups in total. The van der Waals surface area contributed by atoms with Gasteiger partial charge >= 0.3 is 0 Å². The molecule has 2 heterocycles. The normalized spacial score (nSPS) is 17.1. The summed E-state index contributed by atoms with van der Waals surface area (Å²) >= 11 is 0. The number of carbonyl (C=O) groups is 1. The largest absolute Gasteiger partial charge is 0.485 e. The maximum Gasteiger partial charge on any atom is 0.267 e. The standard InChI is InChI=1S/C21H23NO5/c1-14(2)10-22(11-15-7-8-17-19(9-15)26-13-25-17)21(23)20-12-24-16-5-3-4-6-18(16)27-20/h3-9,14,20H,10-13H2,1-2H3/t20-/m0/s1. The maximum absolute atomic E-state index is 13.1. The first-order chi connectivity index (χ1) is 13.1. The van der Waals surface area contributed by atoms with E-state index in [1.54, 1.807) is 0 Å². The van der Waals surface area contributed by atoms with E-state index in [1.165, 1.54) is 0 Å². The summed E-state index contributed by atoms with van der Waals surface area (Å²) in [5.74, 6) is 3.00. The van der Waals surface area contributed by atoms with E-state index in [9.17, 15) is 4.79 Å². The molecule has 2 aliphatic rings. The number of amides is 1. The molecule has 4 rings (SSSR count). The number of carbonyl (C=O) groups excluding carboxylic acids is 1. The van der Waals surface area contributed by atoms with Gasteiger partial charge in [-0.2, -0.15) is 0 Å². The van der Waals surface area contributed by atoms with Gasteiger partial charge in [-0.25, -0.2) is 0 Å². The zero-order valence-corrected chi connectivity index (χ0v) is 15.5. The topological polar surface area (TPSA) is 57.2 Å². The van der Waals surface area contributed by atoms with Gasteiger partial charge in [-0.3, -0.25) is 4.79 Å². The molecule has 2 aromatic rings. The molecule has 0 unspecified atom stereocenters. The average Bonchev–Trinajstić information content (AvgIpc) is 3.14. The van der Waals surface area contributed by atoms with Crippen molar-refractivity contribution < 1.29 is 23.7 Å². The molecule has 142 valence electrons. The third kappa shape index (κ3) is 3.79. The number of benzene rings is 2. The van der Waals surface area contributed by atoms with E-state index in [1.807, 2.05) is 47.4 Å². The summed E-state index contributed by atoms with van der Waals surface area (Å²) in [6, 6.07) is 13.2. The van der Waals surface area contributed by atoms with Crippen LogP contribution in [-0.4, -0.2) is 36.9 Å². The molecule has 1 atom stereocenters. The lowest BCUT2D eigenvalue weighted by Gasteiger charge is -2.31. The highest BCUT2D eigenvalue weighted by Gasteiger charge is 2.31. The molecule has 6 nitrogen and oxygen atoms in total. The highest BCUT2D eigenvalue weighted by Crippen LogP contribution is 2.34. The Kier molecular flexibility index (Phi) is 4.79. The molecular weight excluding hydrogens is 346 g/mol. The second kappa shape index (κ2) is 7.39. The molecule has 0 spiro atoms. The molecule has 2 aliphatic heterocycles. The molecular formula is C21H23NO5. The van der Waals surface area contributed by atoms with Gasteiger partial charge in [0.05, 0.1) is 0 Å². The summed E-state index contributed by atoms with van der Waals surface area (Å²) in [4.78, 5) is 15.0. The van der Waals surface area contributed by atoms with Gasteiger partial charge in [0.1, 0.15) is 6.61 Å². The van der Waals surface area contributed by atoms with Crippen LogP contribution in [0, 0.1) is 5.92 Å². The lowest BCUT2D eigenvalue weighted by molar-refractivity contribution is -0.142. The SMILES string of the molecule is CC(C)CN(Cc1ccc2c(c1)OCO2)C(=O)[C@@H]1COc2ccccc2O1. The fourth-order valence-corrected chi connectivity index (χ4v) is 3.28.